The van der Waals surface area contributed by atoms with Crippen LogP contribution in [-0.2, 0) is 16.1 Å². The number of carbonyl (C=O) groups is 2. The molecule has 6 nitrogen and oxygen atoms in total. The summed E-state index contributed by atoms with van der Waals surface area (Å²) in [6.45, 7) is 1.05. The fraction of sp³-hybridized carbons (Fsp3) is 0.545. The van der Waals surface area contributed by atoms with Gasteiger partial charge in [0.15, 0.2) is 5.69 Å². The Kier molecular flexibility index (Phi) is 5.73. The second-order valence-corrected chi connectivity index (χ2v) is 4.89. The minimum Gasteiger partial charge on any atom is -0.464 e. The summed E-state index contributed by atoms with van der Waals surface area (Å²) in [5.74, 6) is -0.491. The van der Waals surface area contributed by atoms with Crippen molar-refractivity contribution in [3.8, 4) is 0 Å². The van der Waals surface area contributed by atoms with Crippen molar-refractivity contribution in [2.45, 2.75) is 13.0 Å². The third kappa shape index (κ3) is 4.80. The van der Waals surface area contributed by atoms with E-state index in [0.717, 1.165) is 0 Å². The van der Waals surface area contributed by atoms with Crippen LogP contribution in [0.4, 0.5) is 0 Å². The molecular weight excluding hydrogens is 254 g/mol. The molecule has 0 aliphatic rings. The van der Waals surface area contributed by atoms with Gasteiger partial charge in [-0.2, -0.15) is 0 Å². The molecule has 1 aromatic heterocycles. The summed E-state index contributed by atoms with van der Waals surface area (Å²) in [6, 6.07) is 0. The van der Waals surface area contributed by atoms with Gasteiger partial charge in [0, 0.05) is 18.3 Å². The lowest BCUT2D eigenvalue weighted by Gasteiger charge is -2.08. The maximum atomic E-state index is 11.5. The minimum absolute atomic E-state index is 0.0291. The predicted molar refractivity (Wildman–Crippen MR) is 68.5 cm³/mol. The normalized spacial score (nSPS) is 10.4. The van der Waals surface area contributed by atoms with Crippen molar-refractivity contribution in [2.24, 2.45) is 0 Å². The van der Waals surface area contributed by atoms with Crippen LogP contribution in [0.25, 0.3) is 0 Å². The molecule has 1 aromatic rings. The van der Waals surface area contributed by atoms with Gasteiger partial charge in [-0.3, -0.25) is 4.79 Å². The summed E-state index contributed by atoms with van der Waals surface area (Å²) in [5, 5.41) is 5.06. The van der Waals surface area contributed by atoms with Crippen molar-refractivity contribution in [2.75, 3.05) is 27.7 Å². The molecule has 0 unspecified atom stereocenters. The Hall–Kier alpha value is -1.47. The van der Waals surface area contributed by atoms with Crippen LogP contribution in [0.2, 0.25) is 0 Å². The molecule has 0 spiro atoms. The highest BCUT2D eigenvalue weighted by Crippen LogP contribution is 2.10. The molecule has 0 saturated heterocycles. The predicted octanol–water partition coefficient (Wildman–Crippen LogP) is 0.498. The molecular formula is C11H17N3O3S. The Morgan fingerprint density at radius 2 is 2.22 bits per heavy atom. The molecule has 1 N–H and O–H groups in total. The second kappa shape index (κ2) is 7.07. The topological polar surface area (TPSA) is 71.5 Å². The fourth-order valence-corrected chi connectivity index (χ4v) is 1.88. The van der Waals surface area contributed by atoms with Crippen molar-refractivity contribution in [3.63, 3.8) is 0 Å². The van der Waals surface area contributed by atoms with E-state index < -0.39 is 5.97 Å². The first-order valence-corrected chi connectivity index (χ1v) is 6.35. The van der Waals surface area contributed by atoms with Gasteiger partial charge >= 0.3 is 5.97 Å². The molecule has 0 radical (unpaired) electrons. The van der Waals surface area contributed by atoms with E-state index in [9.17, 15) is 9.59 Å². The highest BCUT2D eigenvalue weighted by molar-refractivity contribution is 7.09. The van der Waals surface area contributed by atoms with Crippen LogP contribution < -0.4 is 5.32 Å². The molecule has 0 saturated carbocycles. The molecule has 0 atom stereocenters. The van der Waals surface area contributed by atoms with Gasteiger partial charge in [0.25, 0.3) is 0 Å². The lowest BCUT2D eigenvalue weighted by Crippen LogP contribution is -2.26. The number of methoxy groups -OCH3 is 1. The zero-order valence-electron chi connectivity index (χ0n) is 10.7. The molecule has 0 aromatic carbocycles. The average molecular weight is 271 g/mol. The first-order chi connectivity index (χ1) is 8.52. The number of aromatic nitrogens is 1. The van der Waals surface area contributed by atoms with Gasteiger partial charge in [-0.15, -0.1) is 11.3 Å². The quantitative estimate of drug-likeness (QED) is 0.763. The number of rotatable bonds is 6. The highest BCUT2D eigenvalue weighted by atomic mass is 32.1. The molecule has 0 fully saturated rings. The molecule has 1 heterocycles. The van der Waals surface area contributed by atoms with Crippen LogP contribution in [0.1, 0.15) is 21.9 Å². The number of nitrogens with one attached hydrogen (secondary N) is 1. The Bertz CT molecular complexity index is 417. The zero-order valence-corrected chi connectivity index (χ0v) is 11.5. The molecule has 100 valence electrons. The van der Waals surface area contributed by atoms with Crippen LogP contribution in [0, 0.1) is 0 Å². The second-order valence-electron chi connectivity index (χ2n) is 3.95. The Morgan fingerprint density at radius 3 is 2.83 bits per heavy atom. The average Bonchev–Trinajstić information content (AvgIpc) is 2.81. The minimum atomic E-state index is -0.462. The van der Waals surface area contributed by atoms with Crippen molar-refractivity contribution in [1.82, 2.24) is 15.2 Å². The molecule has 0 bridgehead atoms. The van der Waals surface area contributed by atoms with Crippen LogP contribution in [0.5, 0.6) is 0 Å². The Balaban J connectivity index is 2.37. The van der Waals surface area contributed by atoms with Gasteiger partial charge in [-0.1, -0.05) is 0 Å². The van der Waals surface area contributed by atoms with Crippen molar-refractivity contribution in [3.05, 3.63) is 16.1 Å². The molecule has 1 amide bonds. The molecule has 7 heteroatoms. The van der Waals surface area contributed by atoms with Crippen LogP contribution in [-0.4, -0.2) is 49.5 Å². The van der Waals surface area contributed by atoms with Gasteiger partial charge in [-0.05, 0) is 14.1 Å². The summed E-state index contributed by atoms with van der Waals surface area (Å²) in [5.41, 5.74) is 0.278. The Morgan fingerprint density at radius 1 is 1.50 bits per heavy atom. The van der Waals surface area contributed by atoms with E-state index >= 15 is 0 Å². The SMILES string of the molecule is COC(=O)c1csc(CNC(=O)CCN(C)C)n1. The van der Waals surface area contributed by atoms with E-state index in [1.807, 2.05) is 19.0 Å². The molecule has 0 aliphatic heterocycles. The Labute approximate surface area is 110 Å². The lowest BCUT2D eigenvalue weighted by atomic mass is 10.4. The lowest BCUT2D eigenvalue weighted by molar-refractivity contribution is -0.121. The van der Waals surface area contributed by atoms with E-state index in [-0.39, 0.29) is 11.6 Å². The zero-order chi connectivity index (χ0) is 13.5. The van der Waals surface area contributed by atoms with Crippen molar-refractivity contribution < 1.29 is 14.3 Å². The summed E-state index contributed by atoms with van der Waals surface area (Å²) in [7, 11) is 5.14. The molecule has 0 aliphatic carbocycles. The maximum Gasteiger partial charge on any atom is 0.357 e. The number of amides is 1. The van der Waals surface area contributed by atoms with Crippen molar-refractivity contribution >= 4 is 23.2 Å². The fourth-order valence-electron chi connectivity index (χ4n) is 1.18. The molecule has 18 heavy (non-hydrogen) atoms. The van der Waals surface area contributed by atoms with Crippen LogP contribution >= 0.6 is 11.3 Å². The van der Waals surface area contributed by atoms with Gasteiger partial charge in [0.1, 0.15) is 5.01 Å². The van der Waals surface area contributed by atoms with E-state index in [4.69, 9.17) is 0 Å². The van der Waals surface area contributed by atoms with Crippen LogP contribution in [0.15, 0.2) is 5.38 Å². The molecule has 1 rings (SSSR count). The summed E-state index contributed by atoms with van der Waals surface area (Å²) in [4.78, 5) is 28.6. The maximum absolute atomic E-state index is 11.5. The first-order valence-electron chi connectivity index (χ1n) is 5.47. The monoisotopic (exact) mass is 271 g/mol. The third-order valence-corrected chi connectivity index (χ3v) is 3.02. The highest BCUT2D eigenvalue weighted by Gasteiger charge is 2.11. The number of ether oxygens (including phenoxy) is 1. The number of hydrogen-bond acceptors (Lipinski definition) is 6. The van der Waals surface area contributed by atoms with Crippen molar-refractivity contribution in [1.29, 1.82) is 0 Å². The summed E-state index contributed by atoms with van der Waals surface area (Å²) < 4.78 is 4.55. The van der Waals surface area contributed by atoms with Gasteiger partial charge in [0.05, 0.1) is 13.7 Å². The first kappa shape index (κ1) is 14.6. The summed E-state index contributed by atoms with van der Waals surface area (Å²) >= 11 is 1.32. The number of thiazole rings is 1. The van der Waals surface area contributed by atoms with E-state index in [1.54, 1.807) is 5.38 Å². The largest absolute Gasteiger partial charge is 0.464 e. The van der Waals surface area contributed by atoms with Gasteiger partial charge in [-0.25, -0.2) is 9.78 Å². The standard InChI is InChI=1S/C11H17N3O3S/c1-14(2)5-4-9(15)12-6-10-13-8(7-18-10)11(16)17-3/h7H,4-6H2,1-3H3,(H,12,15). The van der Waals surface area contributed by atoms with Crippen LogP contribution in [0.3, 0.4) is 0 Å². The van der Waals surface area contributed by atoms with E-state index in [2.05, 4.69) is 15.0 Å². The number of nitrogens with zero attached hydrogens (tertiary/aromatic N) is 2. The number of esters is 1. The third-order valence-electron chi connectivity index (χ3n) is 2.17. The number of hydrogen-bond donors (Lipinski definition) is 1. The van der Waals surface area contributed by atoms with E-state index in [1.165, 1.54) is 18.4 Å². The smallest absolute Gasteiger partial charge is 0.357 e. The number of carbonyl (C=O) groups excluding carboxylic acids is 2. The van der Waals surface area contributed by atoms with Gasteiger partial charge < -0.3 is 15.0 Å². The van der Waals surface area contributed by atoms with Gasteiger partial charge in [0.2, 0.25) is 5.91 Å². The summed E-state index contributed by atoms with van der Waals surface area (Å²) in [6.07, 6.45) is 0.447. The van der Waals surface area contributed by atoms with E-state index in [0.29, 0.717) is 24.5 Å².